The minimum atomic E-state index is -5.75. The molecule has 0 saturated carbocycles. The second-order valence-corrected chi connectivity index (χ2v) is 21.4. The van der Waals surface area contributed by atoms with Crippen LogP contribution in [0.15, 0.2) is 72.8 Å². The number of aromatic hydroxyl groups is 1. The monoisotopic (exact) mass is 948 g/mol. The Labute approximate surface area is 393 Å². The molecule has 6 nitrogen and oxygen atoms in total. The van der Waals surface area contributed by atoms with Crippen molar-refractivity contribution in [3.63, 3.8) is 0 Å². The highest BCUT2D eigenvalue weighted by Gasteiger charge is 2.49. The van der Waals surface area contributed by atoms with E-state index >= 15 is 0 Å². The summed E-state index contributed by atoms with van der Waals surface area (Å²) < 4.78 is 65.6. The lowest BCUT2D eigenvalue weighted by Gasteiger charge is -2.34. The Morgan fingerprint density at radius 1 is 0.585 bits per heavy atom. The Kier molecular flexibility index (Phi) is 17.0. The molecule has 0 amide bonds. The van der Waals surface area contributed by atoms with Crippen molar-refractivity contribution in [3.05, 3.63) is 128 Å². The maximum Gasteiger partial charge on any atom is 0.534 e. The number of phenolic OH excluding ortho intramolecular Hbond substituents is 1. The van der Waals surface area contributed by atoms with E-state index in [0.29, 0.717) is 37.0 Å². The summed E-state index contributed by atoms with van der Waals surface area (Å²) in [5.74, 6) is 16.4. The molecule has 0 aromatic heterocycles. The standard InChI is InChI=1S/C27H31F3O4S2.C26H32O2S/c1-5-26(6-2,23-9-10-24(20(4)18-23)34-36(32,33)27(28,29)30)22-8-7-21(19(3)17-22)11-12-25(31)13-15-35-16-14-25;1-5-26(6-2,23-9-10-24(27)20(4)18-23)22-8-7-21(19(3)17-22)11-12-25(28)13-15-29-16-14-25/h7-10,17-18,31H,5-6,13-16H2,1-4H3;7-10,17-18,27-28H,5-6,13-16H2,1-4H3. The number of halogens is 3. The Morgan fingerprint density at radius 2 is 0.938 bits per heavy atom. The van der Waals surface area contributed by atoms with Crippen LogP contribution in [0.2, 0.25) is 0 Å². The number of thioether (sulfide) groups is 2. The largest absolute Gasteiger partial charge is 0.534 e. The molecule has 2 heterocycles. The molecule has 2 aliphatic rings. The molecule has 6 rings (SSSR count). The van der Waals surface area contributed by atoms with Gasteiger partial charge < -0.3 is 19.5 Å². The summed E-state index contributed by atoms with van der Waals surface area (Å²) in [6.45, 7) is 16.1. The normalized spacial score (nSPS) is 16.2. The Hall–Kier alpha value is -4.04. The van der Waals surface area contributed by atoms with Gasteiger partial charge in [-0.25, -0.2) is 0 Å². The molecule has 2 aliphatic heterocycles. The molecule has 0 radical (unpaired) electrons. The summed E-state index contributed by atoms with van der Waals surface area (Å²) in [5, 5.41) is 31.3. The fourth-order valence-corrected chi connectivity index (χ4v) is 11.7. The van der Waals surface area contributed by atoms with Crippen LogP contribution in [0, 0.1) is 51.4 Å². The lowest BCUT2D eigenvalue weighted by molar-refractivity contribution is -0.0500. The highest BCUT2D eigenvalue weighted by atomic mass is 32.2. The van der Waals surface area contributed by atoms with Crippen molar-refractivity contribution in [2.75, 3.05) is 23.0 Å². The summed E-state index contributed by atoms with van der Waals surface area (Å²) in [6.07, 6.45) is 6.19. The van der Waals surface area contributed by atoms with Crippen LogP contribution in [0.4, 0.5) is 13.2 Å². The number of phenols is 1. The van der Waals surface area contributed by atoms with Gasteiger partial charge in [-0.15, -0.1) is 0 Å². The molecule has 65 heavy (non-hydrogen) atoms. The van der Waals surface area contributed by atoms with Gasteiger partial charge >= 0.3 is 15.6 Å². The quantitative estimate of drug-likeness (QED) is 0.0820. The third kappa shape index (κ3) is 11.9. The van der Waals surface area contributed by atoms with Gasteiger partial charge in [-0.05, 0) is 171 Å². The van der Waals surface area contributed by atoms with E-state index in [2.05, 4.69) is 85.0 Å². The van der Waals surface area contributed by atoms with E-state index in [-0.39, 0.29) is 11.2 Å². The van der Waals surface area contributed by atoms with E-state index in [9.17, 15) is 36.9 Å². The van der Waals surface area contributed by atoms with Gasteiger partial charge in [-0.3, -0.25) is 0 Å². The van der Waals surface area contributed by atoms with Crippen molar-refractivity contribution in [2.45, 2.75) is 134 Å². The van der Waals surface area contributed by atoms with Gasteiger partial charge in [0.2, 0.25) is 0 Å². The fraction of sp³-hybridized carbons (Fsp3) is 0.472. The van der Waals surface area contributed by atoms with Crippen molar-refractivity contribution in [3.8, 4) is 35.2 Å². The van der Waals surface area contributed by atoms with Crippen LogP contribution in [-0.2, 0) is 20.9 Å². The summed E-state index contributed by atoms with van der Waals surface area (Å²) in [6, 6.07) is 23.1. The number of aryl methyl sites for hydroxylation is 4. The molecule has 4 aromatic carbocycles. The topological polar surface area (TPSA) is 104 Å². The van der Waals surface area contributed by atoms with Gasteiger partial charge in [0.25, 0.3) is 0 Å². The first kappa shape index (κ1) is 51.9. The highest BCUT2D eigenvalue weighted by Crippen LogP contribution is 2.43. The molecule has 2 saturated heterocycles. The van der Waals surface area contributed by atoms with Gasteiger partial charge in [0, 0.05) is 22.0 Å². The van der Waals surface area contributed by atoms with Gasteiger partial charge in [0.15, 0.2) is 0 Å². The van der Waals surface area contributed by atoms with E-state index in [1.165, 1.54) is 24.1 Å². The van der Waals surface area contributed by atoms with E-state index in [4.69, 9.17) is 0 Å². The van der Waals surface area contributed by atoms with E-state index in [1.54, 1.807) is 18.2 Å². The summed E-state index contributed by atoms with van der Waals surface area (Å²) in [5.41, 5.74) is 1.73. The van der Waals surface area contributed by atoms with Crippen molar-refractivity contribution < 1.29 is 41.1 Å². The van der Waals surface area contributed by atoms with E-state index < -0.39 is 32.2 Å². The van der Waals surface area contributed by atoms with E-state index in [1.807, 2.05) is 63.4 Å². The number of rotatable bonds is 10. The predicted molar refractivity (Wildman–Crippen MR) is 261 cm³/mol. The molecule has 12 heteroatoms. The second kappa shape index (κ2) is 21.3. The fourth-order valence-electron chi connectivity index (χ4n) is 8.86. The molecule has 3 N–H and O–H groups in total. The highest BCUT2D eigenvalue weighted by molar-refractivity contribution is 7.99. The number of hydrogen-bond acceptors (Lipinski definition) is 8. The number of benzene rings is 4. The smallest absolute Gasteiger partial charge is 0.508 e. The summed E-state index contributed by atoms with van der Waals surface area (Å²) in [7, 11) is -5.75. The van der Waals surface area contributed by atoms with Crippen molar-refractivity contribution in [1.29, 1.82) is 0 Å². The minimum Gasteiger partial charge on any atom is -0.508 e. The minimum absolute atomic E-state index is 0.0893. The molecule has 0 atom stereocenters. The maximum absolute atomic E-state index is 12.8. The van der Waals surface area contributed by atoms with Crippen LogP contribution in [0.5, 0.6) is 11.5 Å². The van der Waals surface area contributed by atoms with Crippen LogP contribution in [0.3, 0.4) is 0 Å². The lowest BCUT2D eigenvalue weighted by Crippen LogP contribution is -2.31. The molecule has 0 bridgehead atoms. The lowest BCUT2D eigenvalue weighted by atomic mass is 9.70. The predicted octanol–water partition coefficient (Wildman–Crippen LogP) is 12.0. The Balaban J connectivity index is 0.000000250. The first-order valence-electron chi connectivity index (χ1n) is 22.4. The Morgan fingerprint density at radius 3 is 1.28 bits per heavy atom. The molecule has 2 fully saturated rings. The molecule has 0 spiro atoms. The third-order valence-corrected chi connectivity index (χ3v) is 16.4. The van der Waals surface area contributed by atoms with Gasteiger partial charge in [0.1, 0.15) is 22.7 Å². The summed E-state index contributed by atoms with van der Waals surface area (Å²) in [4.78, 5) is 0. The number of alkyl halides is 3. The number of aliphatic hydroxyl groups is 2. The van der Waals surface area contributed by atoms with Gasteiger partial charge in [-0.2, -0.15) is 45.1 Å². The van der Waals surface area contributed by atoms with Crippen LogP contribution in [0.25, 0.3) is 0 Å². The molecular weight excluding hydrogens is 886 g/mol. The average molecular weight is 949 g/mol. The SMILES string of the molecule is CCC(CC)(c1ccc(C#CC2(O)CCSCC2)c(C)c1)c1ccc(OS(=O)(=O)C(F)(F)F)c(C)c1.CCC(CC)(c1ccc(O)c(C)c1)c1ccc(C#CC2(O)CCSCC2)c(C)c1. The molecule has 4 aromatic rings. The number of hydrogen-bond donors (Lipinski definition) is 3. The van der Waals surface area contributed by atoms with Crippen molar-refractivity contribution >= 4 is 33.6 Å². The van der Waals surface area contributed by atoms with Crippen molar-refractivity contribution in [2.24, 2.45) is 0 Å². The third-order valence-electron chi connectivity index (χ3n) is 13.4. The molecule has 0 aliphatic carbocycles. The zero-order valence-electron chi connectivity index (χ0n) is 38.8. The molecule has 0 unspecified atom stereocenters. The average Bonchev–Trinajstić information content (AvgIpc) is 3.26. The van der Waals surface area contributed by atoms with Gasteiger partial charge in [0.05, 0.1) is 0 Å². The Bertz CT molecular complexity index is 2540. The van der Waals surface area contributed by atoms with Crippen molar-refractivity contribution in [1.82, 2.24) is 0 Å². The zero-order chi connectivity index (χ0) is 47.8. The zero-order valence-corrected chi connectivity index (χ0v) is 41.3. The van der Waals surface area contributed by atoms with Crippen LogP contribution >= 0.6 is 23.5 Å². The summed E-state index contributed by atoms with van der Waals surface area (Å²) >= 11 is 3.71. The molecule has 350 valence electrons. The first-order valence-corrected chi connectivity index (χ1v) is 26.1. The maximum atomic E-state index is 12.8. The van der Waals surface area contributed by atoms with Crippen LogP contribution in [-0.4, -0.2) is 63.5 Å². The van der Waals surface area contributed by atoms with Gasteiger partial charge in [-0.1, -0.05) is 99.9 Å². The molecular formula is C53H63F3O6S3. The van der Waals surface area contributed by atoms with Crippen LogP contribution < -0.4 is 4.18 Å². The van der Waals surface area contributed by atoms with Crippen LogP contribution in [0.1, 0.15) is 135 Å². The van der Waals surface area contributed by atoms with E-state index in [0.717, 1.165) is 87.6 Å². The first-order chi connectivity index (χ1) is 30.6. The second-order valence-electron chi connectivity index (χ2n) is 17.4.